The molecule has 0 spiro atoms. The largest absolute Gasteiger partial charge is 0.386 e. The van der Waals surface area contributed by atoms with Crippen LogP contribution in [0.4, 0.5) is 4.79 Å². The first-order valence-corrected chi connectivity index (χ1v) is 7.62. The monoisotopic (exact) mass is 328 g/mol. The van der Waals surface area contributed by atoms with Crippen molar-refractivity contribution >= 4 is 29.0 Å². The molecule has 2 amide bonds. The number of H-pyrrole nitrogens is 1. The summed E-state index contributed by atoms with van der Waals surface area (Å²) in [5.74, 6) is 0. The number of halogens is 1. The molecule has 2 rings (SSSR count). The van der Waals surface area contributed by atoms with E-state index >= 15 is 0 Å². The number of aromatic amines is 1. The summed E-state index contributed by atoms with van der Waals surface area (Å²) in [7, 11) is 0. The summed E-state index contributed by atoms with van der Waals surface area (Å²) >= 11 is 7.10. The fraction of sp³-hybridized carbons (Fsp3) is 0.385. The predicted octanol–water partition coefficient (Wildman–Crippen LogP) is 2.27. The van der Waals surface area contributed by atoms with Gasteiger partial charge in [-0.1, -0.05) is 11.6 Å². The van der Waals surface area contributed by atoms with Crippen LogP contribution >= 0.6 is 22.9 Å². The second-order valence-electron chi connectivity index (χ2n) is 4.63. The van der Waals surface area contributed by atoms with Crippen LogP contribution < -0.4 is 10.6 Å². The molecule has 8 heteroatoms. The minimum Gasteiger partial charge on any atom is -0.386 e. The number of aliphatic hydroxyl groups excluding tert-OH is 1. The number of rotatable bonds is 5. The average Bonchev–Trinajstić information content (AvgIpc) is 3.01. The quantitative estimate of drug-likeness (QED) is 0.678. The highest BCUT2D eigenvalue weighted by molar-refractivity contribution is 7.16. The number of aryl methyl sites for hydroxylation is 2. The van der Waals surface area contributed by atoms with Crippen molar-refractivity contribution in [2.45, 2.75) is 26.5 Å². The molecule has 21 heavy (non-hydrogen) atoms. The minimum atomic E-state index is -0.759. The van der Waals surface area contributed by atoms with Crippen LogP contribution in [-0.2, 0) is 6.54 Å². The average molecular weight is 329 g/mol. The first-order chi connectivity index (χ1) is 9.97. The zero-order valence-corrected chi connectivity index (χ0v) is 13.3. The van der Waals surface area contributed by atoms with Crippen molar-refractivity contribution in [1.29, 1.82) is 0 Å². The summed E-state index contributed by atoms with van der Waals surface area (Å²) in [5.41, 5.74) is 2.76. The number of nitrogens with one attached hydrogen (secondary N) is 3. The van der Waals surface area contributed by atoms with Gasteiger partial charge in [0.15, 0.2) is 0 Å². The van der Waals surface area contributed by atoms with Gasteiger partial charge in [-0.3, -0.25) is 5.10 Å². The molecule has 2 aromatic rings. The van der Waals surface area contributed by atoms with E-state index in [-0.39, 0.29) is 12.6 Å². The highest BCUT2D eigenvalue weighted by Gasteiger charge is 2.12. The molecule has 1 atom stereocenters. The van der Waals surface area contributed by atoms with Gasteiger partial charge in [-0.15, -0.1) is 11.3 Å². The third-order valence-electron chi connectivity index (χ3n) is 3.08. The number of hydrogen-bond donors (Lipinski definition) is 4. The molecule has 0 aliphatic carbocycles. The van der Waals surface area contributed by atoms with E-state index in [1.165, 1.54) is 11.3 Å². The number of carbonyl (C=O) groups is 1. The summed E-state index contributed by atoms with van der Waals surface area (Å²) in [6.45, 7) is 4.30. The number of nitrogens with zero attached hydrogens (tertiary/aromatic N) is 1. The van der Waals surface area contributed by atoms with Gasteiger partial charge in [0.05, 0.1) is 16.6 Å². The molecule has 4 N–H and O–H groups in total. The summed E-state index contributed by atoms with van der Waals surface area (Å²) in [5, 5.41) is 22.2. The van der Waals surface area contributed by atoms with Crippen molar-refractivity contribution in [1.82, 2.24) is 20.8 Å². The second-order valence-corrected chi connectivity index (χ2v) is 6.38. The highest BCUT2D eigenvalue weighted by Crippen LogP contribution is 2.26. The Hall–Kier alpha value is -1.57. The zero-order chi connectivity index (χ0) is 15.4. The standard InChI is InChI=1S/C13H17ClN4O2S/c1-7-9(8(2)18-17-7)5-15-13(20)16-6-10(19)11-3-4-12(14)21-11/h3-4,10,19H,5-6H2,1-2H3,(H,17,18)(H2,15,16,20). The predicted molar refractivity (Wildman–Crippen MR) is 82.6 cm³/mol. The lowest BCUT2D eigenvalue weighted by atomic mass is 10.2. The molecule has 2 heterocycles. The second kappa shape index (κ2) is 6.93. The van der Waals surface area contributed by atoms with Gasteiger partial charge in [0.25, 0.3) is 0 Å². The number of hydrogen-bond acceptors (Lipinski definition) is 4. The van der Waals surface area contributed by atoms with Gasteiger partial charge in [-0.05, 0) is 26.0 Å². The molecule has 0 bridgehead atoms. The van der Waals surface area contributed by atoms with Gasteiger partial charge in [0.1, 0.15) is 6.10 Å². The van der Waals surface area contributed by atoms with Crippen LogP contribution in [0.1, 0.15) is 27.9 Å². The minimum absolute atomic E-state index is 0.131. The van der Waals surface area contributed by atoms with Crippen LogP contribution in [0.5, 0.6) is 0 Å². The van der Waals surface area contributed by atoms with E-state index in [9.17, 15) is 9.90 Å². The van der Waals surface area contributed by atoms with Crippen molar-refractivity contribution in [3.8, 4) is 0 Å². The topological polar surface area (TPSA) is 90.0 Å². The third kappa shape index (κ3) is 4.20. The van der Waals surface area contributed by atoms with E-state index in [0.717, 1.165) is 21.8 Å². The fourth-order valence-electron chi connectivity index (χ4n) is 1.86. The molecular weight excluding hydrogens is 312 g/mol. The fourth-order valence-corrected chi connectivity index (χ4v) is 2.91. The Bertz CT molecular complexity index is 606. The Morgan fingerprint density at radius 2 is 2.24 bits per heavy atom. The maximum atomic E-state index is 11.7. The van der Waals surface area contributed by atoms with Crippen LogP contribution in [0.15, 0.2) is 12.1 Å². The Labute approximate surface area is 131 Å². The molecule has 0 saturated carbocycles. The normalized spacial score (nSPS) is 12.2. The summed E-state index contributed by atoms with van der Waals surface area (Å²) < 4.78 is 0.611. The Balaban J connectivity index is 1.77. The number of aromatic nitrogens is 2. The summed E-state index contributed by atoms with van der Waals surface area (Å²) in [6, 6.07) is 3.13. The SMILES string of the molecule is Cc1n[nH]c(C)c1CNC(=O)NCC(O)c1ccc(Cl)s1. The van der Waals surface area contributed by atoms with E-state index in [2.05, 4.69) is 20.8 Å². The van der Waals surface area contributed by atoms with E-state index in [1.54, 1.807) is 12.1 Å². The Kier molecular flexibility index (Phi) is 5.22. The van der Waals surface area contributed by atoms with Crippen molar-refractivity contribution < 1.29 is 9.90 Å². The van der Waals surface area contributed by atoms with Crippen molar-refractivity contribution in [2.24, 2.45) is 0 Å². The lowest BCUT2D eigenvalue weighted by molar-refractivity contribution is 0.176. The van der Waals surface area contributed by atoms with E-state index < -0.39 is 6.10 Å². The lowest BCUT2D eigenvalue weighted by Gasteiger charge is -2.11. The third-order valence-corrected chi connectivity index (χ3v) is 4.42. The number of thiophene rings is 1. The van der Waals surface area contributed by atoms with E-state index in [1.807, 2.05) is 13.8 Å². The zero-order valence-electron chi connectivity index (χ0n) is 11.7. The van der Waals surface area contributed by atoms with Gasteiger partial charge in [0, 0.05) is 22.7 Å². The molecule has 6 nitrogen and oxygen atoms in total. The van der Waals surface area contributed by atoms with Gasteiger partial charge in [-0.2, -0.15) is 5.10 Å². The molecule has 0 aliphatic heterocycles. The van der Waals surface area contributed by atoms with E-state index in [4.69, 9.17) is 11.6 Å². The summed E-state index contributed by atoms with van der Waals surface area (Å²) in [6.07, 6.45) is -0.759. The van der Waals surface area contributed by atoms with Crippen molar-refractivity contribution in [2.75, 3.05) is 6.54 Å². The van der Waals surface area contributed by atoms with Crippen LogP contribution in [0.25, 0.3) is 0 Å². The number of urea groups is 1. The van der Waals surface area contributed by atoms with Gasteiger partial charge in [-0.25, -0.2) is 4.79 Å². The van der Waals surface area contributed by atoms with E-state index in [0.29, 0.717) is 10.9 Å². The maximum absolute atomic E-state index is 11.7. The Morgan fingerprint density at radius 1 is 1.48 bits per heavy atom. The smallest absolute Gasteiger partial charge is 0.315 e. The van der Waals surface area contributed by atoms with Crippen LogP contribution in [0, 0.1) is 13.8 Å². The van der Waals surface area contributed by atoms with Crippen molar-refractivity contribution in [3.63, 3.8) is 0 Å². The van der Waals surface area contributed by atoms with Gasteiger partial charge >= 0.3 is 6.03 Å². The Morgan fingerprint density at radius 3 is 2.81 bits per heavy atom. The molecule has 114 valence electrons. The van der Waals surface area contributed by atoms with Crippen LogP contribution in [-0.4, -0.2) is 27.9 Å². The number of amides is 2. The number of aliphatic hydroxyl groups is 1. The molecular formula is C13H17ClN4O2S. The van der Waals surface area contributed by atoms with Crippen LogP contribution in [0.3, 0.4) is 0 Å². The van der Waals surface area contributed by atoms with Crippen molar-refractivity contribution in [3.05, 3.63) is 38.3 Å². The molecule has 0 radical (unpaired) electrons. The first kappa shape index (κ1) is 15.8. The summed E-state index contributed by atoms with van der Waals surface area (Å²) in [4.78, 5) is 12.4. The molecule has 0 fully saturated rings. The lowest BCUT2D eigenvalue weighted by Crippen LogP contribution is -2.37. The molecule has 0 aliphatic rings. The maximum Gasteiger partial charge on any atom is 0.315 e. The molecule has 1 unspecified atom stereocenters. The van der Waals surface area contributed by atoms with Crippen LogP contribution in [0.2, 0.25) is 4.34 Å². The molecule has 0 aromatic carbocycles. The molecule has 2 aromatic heterocycles. The number of carbonyl (C=O) groups excluding carboxylic acids is 1. The first-order valence-electron chi connectivity index (χ1n) is 6.43. The van der Waals surface area contributed by atoms with Gasteiger partial charge < -0.3 is 15.7 Å². The molecule has 0 saturated heterocycles. The highest BCUT2D eigenvalue weighted by atomic mass is 35.5. The van der Waals surface area contributed by atoms with Gasteiger partial charge in [0.2, 0.25) is 0 Å².